The summed E-state index contributed by atoms with van der Waals surface area (Å²) in [6.07, 6.45) is -26.0. The fraction of sp³-hybridized carbons (Fsp3) is 0.176. The molecule has 13 rings (SSSR count). The number of phenolic OH excluding ortho intramolecular Hbond substituents is 23. The minimum Gasteiger partial charge on any atom is -0.504 e. The summed E-state index contributed by atoms with van der Waals surface area (Å²) in [5, 5.41) is 276. The summed E-state index contributed by atoms with van der Waals surface area (Å²) in [6, 6.07) is 2.94. The monoisotopic (exact) mass is 1570 g/mol. The Kier molecular flexibility index (Phi) is 18.1. The second kappa shape index (κ2) is 27.1. The first-order valence-corrected chi connectivity index (χ1v) is 31.2. The van der Waals surface area contributed by atoms with Gasteiger partial charge in [0.25, 0.3) is 0 Å². The zero-order chi connectivity index (χ0) is 81.5. The van der Waals surface area contributed by atoms with Crippen molar-refractivity contribution in [2.45, 2.75) is 61.4 Å². The lowest BCUT2D eigenvalue weighted by Gasteiger charge is -2.43. The number of aliphatic hydroxyl groups excluding tert-OH is 2. The fourth-order valence-corrected chi connectivity index (χ4v) is 12.6. The van der Waals surface area contributed by atoms with Crippen LogP contribution in [0, 0.1) is 0 Å². The van der Waals surface area contributed by atoms with Gasteiger partial charge in [0.2, 0.25) is 46.0 Å². The van der Waals surface area contributed by atoms with Gasteiger partial charge >= 0.3 is 47.8 Å². The molecule has 8 aromatic carbocycles. The molecule has 10 atom stereocenters. The second-order valence-corrected chi connectivity index (χ2v) is 24.6. The normalized spacial score (nSPS) is 21.3. The van der Waals surface area contributed by atoms with E-state index in [0.29, 0.717) is 36.4 Å². The van der Waals surface area contributed by atoms with Crippen LogP contribution in [-0.2, 0) is 47.4 Å². The van der Waals surface area contributed by atoms with Crippen molar-refractivity contribution in [1.82, 2.24) is 0 Å². The van der Waals surface area contributed by atoms with E-state index in [4.69, 9.17) is 52.1 Å². The maximum Gasteiger partial charge on any atom is 0.342 e. The van der Waals surface area contributed by atoms with Crippen LogP contribution in [0.15, 0.2) is 54.6 Å². The molecule has 8 aromatic rings. The van der Waals surface area contributed by atoms with Gasteiger partial charge in [0.05, 0.1) is 38.9 Å². The number of benzene rings is 8. The maximum atomic E-state index is 15.0. The van der Waals surface area contributed by atoms with Crippen LogP contribution in [0.4, 0.5) is 0 Å². The molecule has 5 heterocycles. The third-order valence-electron chi connectivity index (χ3n) is 17.9. The number of rotatable bonds is 6. The van der Waals surface area contributed by atoms with Gasteiger partial charge in [-0.15, -0.1) is 0 Å². The van der Waals surface area contributed by atoms with E-state index in [1.165, 1.54) is 0 Å². The van der Waals surface area contributed by atoms with Gasteiger partial charge in [-0.2, -0.15) is 0 Å². The Morgan fingerprint density at radius 1 is 0.295 bits per heavy atom. The molecule has 0 spiro atoms. The van der Waals surface area contributed by atoms with Crippen LogP contribution in [0.1, 0.15) is 82.9 Å². The summed E-state index contributed by atoms with van der Waals surface area (Å²) in [4.78, 5) is 116. The first kappa shape index (κ1) is 74.8. The van der Waals surface area contributed by atoms with Crippen LogP contribution in [0.5, 0.6) is 144 Å². The van der Waals surface area contributed by atoms with Crippen molar-refractivity contribution in [2.24, 2.45) is 0 Å². The molecule has 10 unspecified atom stereocenters. The number of hydrogen-bond acceptors (Lipinski definition) is 44. The molecular weight excluding hydrogens is 1520 g/mol. The van der Waals surface area contributed by atoms with Crippen molar-refractivity contribution in [2.75, 3.05) is 13.2 Å². The first-order valence-electron chi connectivity index (χ1n) is 31.2. The number of fused-ring (bicyclic) bond motifs is 13. The molecule has 2 saturated heterocycles. The standard InChI is InChI=1S/C68H48O44/c69-20-1-12(2-21(70)37(20)78)59(92)109-55-53-29(10-102-60(93)13-3-22(71)38(79)44(85)31(13)32-15(62(95)107-53)4-23(72)39(80)45(32)86)104-67(100)57(55)112-66(99)19-9-27(76)43(84)50(91)51(19)106-52-28(77)8-14-36(49(52)90)35-18(7-26(75)42(83)48(35)89)63(96)108-54-30(11-103-61(14)94)105-68(101)58-56(54)110-64(97)16-5-24(73)40(81)46(87)33(16)34-17(65(98)111-58)6-25(74)41(82)47(34)88/h1-9,29-30,53-58,67-91,100-101H,10-11H2. The molecule has 0 saturated carbocycles. The van der Waals surface area contributed by atoms with Gasteiger partial charge in [0.1, 0.15) is 31.0 Å². The highest BCUT2D eigenvalue weighted by Gasteiger charge is 2.57. The molecule has 5 aliphatic heterocycles. The average molecular weight is 1570 g/mol. The molecule has 25 N–H and O–H groups in total. The minimum absolute atomic E-state index is 0.140. The van der Waals surface area contributed by atoms with Crippen LogP contribution < -0.4 is 4.74 Å². The molecule has 0 bridgehead atoms. The molecule has 2 fully saturated rings. The fourth-order valence-electron chi connectivity index (χ4n) is 12.6. The summed E-state index contributed by atoms with van der Waals surface area (Å²) in [5.74, 6) is -52.8. The Bertz CT molecular complexity index is 5480. The number of phenols is 23. The molecule has 0 amide bonds. The number of carbonyl (C=O) groups excluding carboxylic acids is 8. The highest BCUT2D eigenvalue weighted by atomic mass is 16.7. The largest absolute Gasteiger partial charge is 0.504 e. The number of hydrogen-bond donors (Lipinski definition) is 25. The highest BCUT2D eigenvalue weighted by Crippen LogP contribution is 2.59. The Hall–Kier alpha value is -15.4. The van der Waals surface area contributed by atoms with Crippen LogP contribution in [0.3, 0.4) is 0 Å². The quantitative estimate of drug-likeness (QED) is 0.0640. The number of esters is 8. The van der Waals surface area contributed by atoms with Crippen molar-refractivity contribution in [3.8, 4) is 177 Å². The summed E-state index contributed by atoms with van der Waals surface area (Å²) in [5.41, 5.74) is -17.1. The molecule has 0 aliphatic carbocycles. The van der Waals surface area contributed by atoms with E-state index in [2.05, 4.69) is 0 Å². The topological polar surface area (TPSA) is 744 Å². The van der Waals surface area contributed by atoms with Gasteiger partial charge in [-0.1, -0.05) is 0 Å². The molecule has 44 heteroatoms. The SMILES string of the molecule is O=C(OC1C(OC(=O)c2cc(O)c(O)c(O)c2Oc2c(O)cc3c(c2O)-c2c(cc(O)c(O)c2O)C(=O)OC2C(COC3=O)OC(O)C3OC(=O)c4cc(O)c(O)c(O)c4-c4c(cc(O)c(O)c4O)C(=O)OC32)C(O)OC2COC(=O)c3cc(O)c(O)c(O)c3-c3c(cc(O)c(O)c3O)C(=O)OC21)c1cc(O)c(O)c(O)c1. The number of cyclic esters (lactones) is 2. The summed E-state index contributed by atoms with van der Waals surface area (Å²) < 4.78 is 61.1. The zero-order valence-electron chi connectivity index (χ0n) is 54.8. The van der Waals surface area contributed by atoms with Crippen molar-refractivity contribution in [3.63, 3.8) is 0 Å². The lowest BCUT2D eigenvalue weighted by Crippen LogP contribution is -2.62. The smallest absolute Gasteiger partial charge is 0.342 e. The van der Waals surface area contributed by atoms with E-state index < -0.39 is 344 Å². The molecule has 112 heavy (non-hydrogen) atoms. The average Bonchev–Trinajstić information content (AvgIpc) is 1.06. The summed E-state index contributed by atoms with van der Waals surface area (Å²) in [7, 11) is 0. The summed E-state index contributed by atoms with van der Waals surface area (Å²) >= 11 is 0. The number of aromatic hydroxyl groups is 23. The third kappa shape index (κ3) is 12.0. The number of aliphatic hydroxyl groups is 2. The zero-order valence-corrected chi connectivity index (χ0v) is 54.8. The summed E-state index contributed by atoms with van der Waals surface area (Å²) in [6.45, 7) is -2.78. The lowest BCUT2D eigenvalue weighted by atomic mass is 9.91. The molecule has 44 nitrogen and oxygen atoms in total. The molecule has 0 radical (unpaired) electrons. The second-order valence-electron chi connectivity index (χ2n) is 24.6. The van der Waals surface area contributed by atoms with Crippen LogP contribution in [0.25, 0.3) is 33.4 Å². The van der Waals surface area contributed by atoms with Crippen molar-refractivity contribution in [3.05, 3.63) is 99.1 Å². The maximum absolute atomic E-state index is 15.0. The number of carbonyl (C=O) groups is 8. The van der Waals surface area contributed by atoms with Crippen LogP contribution in [0.2, 0.25) is 0 Å². The first-order chi connectivity index (χ1) is 52.7. The van der Waals surface area contributed by atoms with Crippen LogP contribution >= 0.6 is 0 Å². The molecule has 5 aliphatic rings. The predicted octanol–water partition coefficient (Wildman–Crippen LogP) is 1.75. The molecule has 584 valence electrons. The predicted molar refractivity (Wildman–Crippen MR) is 344 cm³/mol. The Morgan fingerprint density at radius 2 is 0.607 bits per heavy atom. The van der Waals surface area contributed by atoms with Gasteiger partial charge < -0.3 is 180 Å². The van der Waals surface area contributed by atoms with E-state index in [1.54, 1.807) is 0 Å². The van der Waals surface area contributed by atoms with Gasteiger partial charge in [-0.25, -0.2) is 38.4 Å². The van der Waals surface area contributed by atoms with E-state index in [-0.39, 0.29) is 18.2 Å². The van der Waals surface area contributed by atoms with Crippen molar-refractivity contribution >= 4 is 47.8 Å². The van der Waals surface area contributed by atoms with Gasteiger partial charge in [0.15, 0.2) is 147 Å². The van der Waals surface area contributed by atoms with E-state index >= 15 is 4.79 Å². The van der Waals surface area contributed by atoms with E-state index in [1.807, 2.05) is 0 Å². The van der Waals surface area contributed by atoms with Crippen LogP contribution in [-0.4, -0.2) is 250 Å². The Balaban J connectivity index is 0.901. The third-order valence-corrected chi connectivity index (χ3v) is 17.9. The van der Waals surface area contributed by atoms with Gasteiger partial charge in [-0.05, 0) is 48.5 Å². The molecule has 0 aromatic heterocycles. The highest BCUT2D eigenvalue weighted by molar-refractivity contribution is 6.12. The van der Waals surface area contributed by atoms with E-state index in [9.17, 15) is 161 Å². The van der Waals surface area contributed by atoms with E-state index in [0.717, 1.165) is 0 Å². The minimum atomic E-state index is -2.89. The van der Waals surface area contributed by atoms with Crippen molar-refractivity contribution in [1.29, 1.82) is 0 Å². The van der Waals surface area contributed by atoms with Crippen molar-refractivity contribution < 1.29 is 218 Å². The molecular formula is C68H48O44. The Labute approximate surface area is 614 Å². The lowest BCUT2D eigenvalue weighted by molar-refractivity contribution is -0.284. The number of ether oxygens (including phenoxy) is 11. The van der Waals surface area contributed by atoms with Gasteiger partial charge in [-0.3, -0.25) is 0 Å². The Morgan fingerprint density at radius 3 is 1.03 bits per heavy atom. The van der Waals surface area contributed by atoms with Gasteiger partial charge in [0, 0.05) is 39.4 Å².